The van der Waals surface area contributed by atoms with Gasteiger partial charge in [-0.2, -0.15) is 0 Å². The molecule has 0 bridgehead atoms. The quantitative estimate of drug-likeness (QED) is 0.446. The number of aromatic hydroxyl groups is 2. The van der Waals surface area contributed by atoms with Gasteiger partial charge in [0.2, 0.25) is 0 Å². The molecule has 4 heteroatoms. The fraction of sp³-hybridized carbons (Fsp3) is 0. The summed E-state index contributed by atoms with van der Waals surface area (Å²) in [5, 5.41) is 17.6. The highest BCUT2D eigenvalue weighted by Gasteiger charge is 1.97. The van der Waals surface area contributed by atoms with E-state index in [1.165, 1.54) is 18.2 Å². The first-order valence-corrected chi connectivity index (χ1v) is 2.71. The van der Waals surface area contributed by atoms with Crippen molar-refractivity contribution < 1.29 is 20.5 Å². The monoisotopic (exact) mass is 156 g/mol. The molecule has 0 aliphatic carbocycles. The zero-order valence-corrected chi connectivity index (χ0v) is 5.61. The molecular weight excluding hydrogens is 148 g/mol. The van der Waals surface area contributed by atoms with Gasteiger partial charge in [-0.15, -0.1) is 0 Å². The van der Waals surface area contributed by atoms with Crippen LogP contribution in [0, 0.1) is 0 Å². The Balaban J connectivity index is 0.000001000. The third-order valence-electron chi connectivity index (χ3n) is 1.14. The summed E-state index contributed by atoms with van der Waals surface area (Å²) in [6, 6.07) is 3.88. The lowest BCUT2D eigenvalue weighted by molar-refractivity contribution is 0.112. The molecular formula is C7H8O4. The average molecular weight is 156 g/mol. The molecule has 4 N–H and O–H groups in total. The molecule has 1 rings (SSSR count). The molecule has 0 aliphatic heterocycles. The fourth-order valence-corrected chi connectivity index (χ4v) is 0.614. The summed E-state index contributed by atoms with van der Waals surface area (Å²) >= 11 is 0. The summed E-state index contributed by atoms with van der Waals surface area (Å²) in [6.45, 7) is 0. The van der Waals surface area contributed by atoms with Crippen molar-refractivity contribution in [1.82, 2.24) is 0 Å². The molecule has 0 radical (unpaired) electrons. The number of aldehydes is 1. The Hall–Kier alpha value is -1.55. The van der Waals surface area contributed by atoms with Gasteiger partial charge in [-0.3, -0.25) is 4.79 Å². The molecule has 0 saturated carbocycles. The average Bonchev–Trinajstić information content (AvgIpc) is 1.95. The third-order valence-corrected chi connectivity index (χ3v) is 1.14. The van der Waals surface area contributed by atoms with Crippen LogP contribution < -0.4 is 0 Å². The second-order valence-electron chi connectivity index (χ2n) is 1.87. The van der Waals surface area contributed by atoms with Gasteiger partial charge in [0.1, 0.15) is 6.29 Å². The molecule has 11 heavy (non-hydrogen) atoms. The van der Waals surface area contributed by atoms with E-state index in [2.05, 4.69) is 0 Å². The van der Waals surface area contributed by atoms with Crippen LogP contribution in [0.25, 0.3) is 0 Å². The van der Waals surface area contributed by atoms with E-state index in [-0.39, 0.29) is 17.0 Å². The highest BCUT2D eigenvalue weighted by Crippen LogP contribution is 2.23. The van der Waals surface area contributed by atoms with E-state index in [4.69, 9.17) is 10.2 Å². The first-order valence-electron chi connectivity index (χ1n) is 2.71. The Morgan fingerprint density at radius 2 is 1.82 bits per heavy atom. The van der Waals surface area contributed by atoms with Crippen LogP contribution in [0.3, 0.4) is 0 Å². The number of carbonyl (C=O) groups is 1. The van der Waals surface area contributed by atoms with E-state index in [1.807, 2.05) is 0 Å². The van der Waals surface area contributed by atoms with Crippen molar-refractivity contribution in [1.29, 1.82) is 0 Å². The highest BCUT2D eigenvalue weighted by molar-refractivity contribution is 5.76. The van der Waals surface area contributed by atoms with Crippen LogP contribution in [-0.4, -0.2) is 22.0 Å². The van der Waals surface area contributed by atoms with Crippen LogP contribution in [0.2, 0.25) is 0 Å². The second-order valence-corrected chi connectivity index (χ2v) is 1.87. The van der Waals surface area contributed by atoms with Crippen molar-refractivity contribution in [3.63, 3.8) is 0 Å². The van der Waals surface area contributed by atoms with Crippen LogP contribution >= 0.6 is 0 Å². The Labute approximate surface area is 63.0 Å². The normalized spacial score (nSPS) is 8.36. The summed E-state index contributed by atoms with van der Waals surface area (Å²) in [5.41, 5.74) is 0.343. The van der Waals surface area contributed by atoms with Gasteiger partial charge in [0.15, 0.2) is 11.5 Å². The summed E-state index contributed by atoms with van der Waals surface area (Å²) in [6.07, 6.45) is 0.596. The predicted octanol–water partition coefficient (Wildman–Crippen LogP) is 0.0856. The Kier molecular flexibility index (Phi) is 3.07. The summed E-state index contributed by atoms with van der Waals surface area (Å²) < 4.78 is 0. The van der Waals surface area contributed by atoms with Crippen molar-refractivity contribution in [3.8, 4) is 11.5 Å². The minimum Gasteiger partial charge on any atom is -0.504 e. The Morgan fingerprint density at radius 3 is 2.27 bits per heavy atom. The van der Waals surface area contributed by atoms with Crippen LogP contribution in [-0.2, 0) is 0 Å². The number of hydrogen-bond donors (Lipinski definition) is 2. The summed E-state index contributed by atoms with van der Waals surface area (Å²) in [4.78, 5) is 10.1. The molecule has 0 saturated heterocycles. The van der Waals surface area contributed by atoms with Gasteiger partial charge in [0, 0.05) is 5.56 Å². The SMILES string of the molecule is O.O=Cc1ccc(O)c(O)c1. The van der Waals surface area contributed by atoms with Crippen LogP contribution in [0.1, 0.15) is 10.4 Å². The van der Waals surface area contributed by atoms with Gasteiger partial charge < -0.3 is 15.7 Å². The maximum absolute atomic E-state index is 10.1. The number of phenols is 2. The maximum Gasteiger partial charge on any atom is 0.158 e. The fourth-order valence-electron chi connectivity index (χ4n) is 0.614. The first-order chi connectivity index (χ1) is 4.74. The highest BCUT2D eigenvalue weighted by atomic mass is 16.3. The maximum atomic E-state index is 10.1. The van der Waals surface area contributed by atoms with Crippen molar-refractivity contribution >= 4 is 6.29 Å². The minimum absolute atomic E-state index is 0. The molecule has 0 aliphatic rings. The van der Waals surface area contributed by atoms with E-state index < -0.39 is 0 Å². The lowest BCUT2D eigenvalue weighted by Crippen LogP contribution is -1.77. The van der Waals surface area contributed by atoms with E-state index in [0.29, 0.717) is 11.8 Å². The smallest absolute Gasteiger partial charge is 0.158 e. The van der Waals surface area contributed by atoms with E-state index in [9.17, 15) is 4.79 Å². The van der Waals surface area contributed by atoms with Gasteiger partial charge in [0.05, 0.1) is 0 Å². The van der Waals surface area contributed by atoms with Crippen molar-refractivity contribution in [2.45, 2.75) is 0 Å². The van der Waals surface area contributed by atoms with Crippen LogP contribution in [0.5, 0.6) is 11.5 Å². The van der Waals surface area contributed by atoms with Crippen LogP contribution in [0.4, 0.5) is 0 Å². The molecule has 0 aromatic heterocycles. The van der Waals surface area contributed by atoms with Crippen molar-refractivity contribution in [2.24, 2.45) is 0 Å². The first kappa shape index (κ1) is 9.45. The van der Waals surface area contributed by atoms with Gasteiger partial charge in [-0.25, -0.2) is 0 Å². The van der Waals surface area contributed by atoms with Gasteiger partial charge in [-0.1, -0.05) is 0 Å². The lowest BCUT2D eigenvalue weighted by Gasteiger charge is -1.95. The molecule has 0 unspecified atom stereocenters. The summed E-state index contributed by atoms with van der Waals surface area (Å²) in [5.74, 6) is -0.491. The van der Waals surface area contributed by atoms with Crippen LogP contribution in [0.15, 0.2) is 18.2 Å². The van der Waals surface area contributed by atoms with Crippen molar-refractivity contribution in [2.75, 3.05) is 0 Å². The number of carbonyl (C=O) groups excluding carboxylic acids is 1. The van der Waals surface area contributed by atoms with Crippen molar-refractivity contribution in [3.05, 3.63) is 23.8 Å². The van der Waals surface area contributed by atoms with E-state index in [1.54, 1.807) is 0 Å². The molecule has 0 atom stereocenters. The molecule has 1 aromatic rings. The molecule has 0 fully saturated rings. The number of phenolic OH excluding ortho intramolecular Hbond substituents is 2. The lowest BCUT2D eigenvalue weighted by atomic mass is 10.2. The number of hydrogen-bond acceptors (Lipinski definition) is 3. The molecule has 0 amide bonds. The minimum atomic E-state index is -0.274. The Bertz CT molecular complexity index is 257. The number of benzene rings is 1. The van der Waals surface area contributed by atoms with Gasteiger partial charge >= 0.3 is 0 Å². The molecule has 0 spiro atoms. The molecule has 1 aromatic carbocycles. The largest absolute Gasteiger partial charge is 0.504 e. The molecule has 60 valence electrons. The zero-order chi connectivity index (χ0) is 7.56. The second kappa shape index (κ2) is 3.58. The van der Waals surface area contributed by atoms with Gasteiger partial charge in [0.25, 0.3) is 0 Å². The molecule has 0 heterocycles. The predicted molar refractivity (Wildman–Crippen MR) is 38.8 cm³/mol. The Morgan fingerprint density at radius 1 is 1.18 bits per heavy atom. The summed E-state index contributed by atoms with van der Waals surface area (Å²) in [7, 11) is 0. The topological polar surface area (TPSA) is 89.0 Å². The third kappa shape index (κ3) is 1.94. The van der Waals surface area contributed by atoms with E-state index >= 15 is 0 Å². The molecule has 4 nitrogen and oxygen atoms in total. The van der Waals surface area contributed by atoms with E-state index in [0.717, 1.165) is 0 Å². The number of rotatable bonds is 1. The zero-order valence-electron chi connectivity index (χ0n) is 5.61. The van der Waals surface area contributed by atoms with Gasteiger partial charge in [-0.05, 0) is 18.2 Å². The standard InChI is InChI=1S/C7H6O3.H2O/c8-4-5-1-2-6(9)7(10)3-5;/h1-4,9-10H;1H2.